The zero-order valence-corrected chi connectivity index (χ0v) is 17.6. The van der Waals surface area contributed by atoms with Crippen molar-refractivity contribution in [3.05, 3.63) is 64.7 Å². The normalized spacial score (nSPS) is 13.3. The van der Waals surface area contributed by atoms with E-state index in [2.05, 4.69) is 5.32 Å². The van der Waals surface area contributed by atoms with Crippen LogP contribution in [-0.2, 0) is 16.1 Å². The molecular formula is C22H21N3O7. The lowest BCUT2D eigenvalue weighted by Gasteiger charge is -2.17. The van der Waals surface area contributed by atoms with Crippen molar-refractivity contribution in [2.45, 2.75) is 19.6 Å². The van der Waals surface area contributed by atoms with Crippen LogP contribution in [0.5, 0.6) is 5.75 Å². The number of hydrogen-bond donors (Lipinski definition) is 2. The van der Waals surface area contributed by atoms with Crippen LogP contribution in [0.4, 0.5) is 4.79 Å². The van der Waals surface area contributed by atoms with E-state index in [4.69, 9.17) is 9.47 Å². The number of rotatable bonds is 6. The third kappa shape index (κ3) is 4.43. The molecule has 0 bridgehead atoms. The molecule has 0 radical (unpaired) electrons. The molecule has 5 amide bonds. The topological polar surface area (TPSA) is 131 Å². The minimum Gasteiger partial charge on any atom is -0.496 e. The fourth-order valence-electron chi connectivity index (χ4n) is 3.13. The minimum atomic E-state index is -1.26. The van der Waals surface area contributed by atoms with Crippen molar-refractivity contribution in [1.29, 1.82) is 0 Å². The number of benzene rings is 2. The number of carbonyl (C=O) groups is 5. The molecular weight excluding hydrogens is 418 g/mol. The monoisotopic (exact) mass is 439 g/mol. The molecule has 3 rings (SSSR count). The maximum absolute atomic E-state index is 12.7. The third-order valence-corrected chi connectivity index (χ3v) is 4.82. The van der Waals surface area contributed by atoms with Crippen molar-refractivity contribution < 1.29 is 33.4 Å². The van der Waals surface area contributed by atoms with Crippen LogP contribution >= 0.6 is 0 Å². The number of urea groups is 1. The van der Waals surface area contributed by atoms with Gasteiger partial charge >= 0.3 is 12.0 Å². The van der Waals surface area contributed by atoms with E-state index in [1.807, 2.05) is 5.32 Å². The van der Waals surface area contributed by atoms with Crippen LogP contribution in [0.25, 0.3) is 0 Å². The van der Waals surface area contributed by atoms with Gasteiger partial charge < -0.3 is 14.8 Å². The molecule has 1 atom stereocenters. The van der Waals surface area contributed by atoms with Gasteiger partial charge in [0.2, 0.25) is 0 Å². The van der Waals surface area contributed by atoms with Crippen LogP contribution in [0.1, 0.15) is 43.6 Å². The molecule has 1 aliphatic rings. The number of imide groups is 2. The van der Waals surface area contributed by atoms with Crippen molar-refractivity contribution in [2.75, 3.05) is 14.2 Å². The summed E-state index contributed by atoms with van der Waals surface area (Å²) in [5.41, 5.74) is 1.12. The summed E-state index contributed by atoms with van der Waals surface area (Å²) < 4.78 is 10.3. The molecule has 0 saturated carbocycles. The number of hydrogen-bond acceptors (Lipinski definition) is 7. The Labute approximate surface area is 183 Å². The second-order valence-corrected chi connectivity index (χ2v) is 6.89. The van der Waals surface area contributed by atoms with Gasteiger partial charge in [-0.3, -0.25) is 24.6 Å². The van der Waals surface area contributed by atoms with Gasteiger partial charge in [-0.15, -0.1) is 0 Å². The second kappa shape index (κ2) is 9.29. The Morgan fingerprint density at radius 2 is 1.66 bits per heavy atom. The summed E-state index contributed by atoms with van der Waals surface area (Å²) in [5.74, 6) is -2.35. The summed E-state index contributed by atoms with van der Waals surface area (Å²) in [4.78, 5) is 62.2. The minimum absolute atomic E-state index is 0.00111. The molecule has 10 nitrogen and oxygen atoms in total. The Morgan fingerprint density at radius 1 is 1.03 bits per heavy atom. The van der Waals surface area contributed by atoms with Gasteiger partial charge in [0.1, 0.15) is 11.3 Å². The van der Waals surface area contributed by atoms with E-state index >= 15 is 0 Å². The van der Waals surface area contributed by atoms with Crippen molar-refractivity contribution in [3.63, 3.8) is 0 Å². The lowest BCUT2D eigenvalue weighted by atomic mass is 10.1. The summed E-state index contributed by atoms with van der Waals surface area (Å²) >= 11 is 0. The highest BCUT2D eigenvalue weighted by Crippen LogP contribution is 2.27. The van der Waals surface area contributed by atoms with Gasteiger partial charge in [-0.2, -0.15) is 0 Å². The zero-order chi connectivity index (χ0) is 23.4. The second-order valence-electron chi connectivity index (χ2n) is 6.89. The molecule has 0 aliphatic carbocycles. The molecule has 32 heavy (non-hydrogen) atoms. The summed E-state index contributed by atoms with van der Waals surface area (Å²) in [6, 6.07) is 10.3. The molecule has 0 fully saturated rings. The molecule has 1 aliphatic heterocycles. The largest absolute Gasteiger partial charge is 0.496 e. The number of esters is 1. The Kier molecular flexibility index (Phi) is 6.53. The SMILES string of the molecule is CNC(=O)NC(=O)C(C)OC(=O)c1cc(CN2C(=O)c3ccccc3C2=O)ccc1OC. The van der Waals surface area contributed by atoms with Gasteiger partial charge in [0, 0.05) is 7.05 Å². The van der Waals surface area contributed by atoms with Crippen molar-refractivity contribution in [3.8, 4) is 5.75 Å². The fraction of sp³-hybridized carbons (Fsp3) is 0.227. The molecule has 2 N–H and O–H groups in total. The van der Waals surface area contributed by atoms with Gasteiger partial charge in [-0.25, -0.2) is 9.59 Å². The van der Waals surface area contributed by atoms with Crippen LogP contribution in [0.2, 0.25) is 0 Å². The fourth-order valence-corrected chi connectivity index (χ4v) is 3.13. The van der Waals surface area contributed by atoms with Gasteiger partial charge in [-0.05, 0) is 36.8 Å². The molecule has 1 heterocycles. The van der Waals surface area contributed by atoms with E-state index in [-0.39, 0.29) is 17.9 Å². The van der Waals surface area contributed by atoms with E-state index in [0.29, 0.717) is 16.7 Å². The van der Waals surface area contributed by atoms with E-state index in [1.165, 1.54) is 33.2 Å². The number of nitrogens with one attached hydrogen (secondary N) is 2. The van der Waals surface area contributed by atoms with Crippen molar-refractivity contribution in [2.24, 2.45) is 0 Å². The lowest BCUT2D eigenvalue weighted by molar-refractivity contribution is -0.127. The van der Waals surface area contributed by atoms with Gasteiger partial charge in [0.15, 0.2) is 6.10 Å². The third-order valence-electron chi connectivity index (χ3n) is 4.82. The van der Waals surface area contributed by atoms with Crippen LogP contribution < -0.4 is 15.4 Å². The summed E-state index contributed by atoms with van der Waals surface area (Å²) in [6.07, 6.45) is -1.26. The van der Waals surface area contributed by atoms with Crippen LogP contribution in [0.3, 0.4) is 0 Å². The highest BCUT2D eigenvalue weighted by molar-refractivity contribution is 6.21. The highest BCUT2D eigenvalue weighted by atomic mass is 16.5. The average molecular weight is 439 g/mol. The zero-order valence-electron chi connectivity index (χ0n) is 17.6. The first kappa shape index (κ1) is 22.5. The molecule has 1 unspecified atom stereocenters. The van der Waals surface area contributed by atoms with Crippen molar-refractivity contribution in [1.82, 2.24) is 15.5 Å². The van der Waals surface area contributed by atoms with Gasteiger partial charge in [0.25, 0.3) is 17.7 Å². The summed E-state index contributed by atoms with van der Waals surface area (Å²) in [7, 11) is 2.70. The number of ether oxygens (including phenoxy) is 2. The predicted octanol–water partition coefficient (Wildman–Crippen LogP) is 1.49. The Hall–Kier alpha value is -4.21. The molecule has 0 spiro atoms. The molecule has 2 aromatic rings. The van der Waals surface area contributed by atoms with Crippen LogP contribution in [0, 0.1) is 0 Å². The van der Waals surface area contributed by atoms with Crippen LogP contribution in [-0.4, -0.2) is 54.9 Å². The summed E-state index contributed by atoms with van der Waals surface area (Å²) in [6.45, 7) is 1.24. The lowest BCUT2D eigenvalue weighted by Crippen LogP contribution is -2.43. The van der Waals surface area contributed by atoms with E-state index in [9.17, 15) is 24.0 Å². The first-order valence-corrected chi connectivity index (χ1v) is 9.62. The van der Waals surface area contributed by atoms with E-state index < -0.39 is 35.8 Å². The predicted molar refractivity (Wildman–Crippen MR) is 111 cm³/mol. The number of nitrogens with zero attached hydrogens (tertiary/aromatic N) is 1. The molecule has 0 aromatic heterocycles. The standard InChI is InChI=1S/C22H21N3O7/c1-12(18(26)24-22(30)23-2)32-21(29)16-10-13(8-9-17(16)31-3)11-25-19(27)14-6-4-5-7-15(14)20(25)28/h4-10,12H,11H2,1-3H3,(H2,23,24,26,30). The van der Waals surface area contributed by atoms with Gasteiger partial charge in [-0.1, -0.05) is 18.2 Å². The Balaban J connectivity index is 1.78. The first-order valence-electron chi connectivity index (χ1n) is 9.62. The Morgan fingerprint density at radius 3 is 2.22 bits per heavy atom. The molecule has 2 aromatic carbocycles. The average Bonchev–Trinajstić information content (AvgIpc) is 3.03. The highest BCUT2D eigenvalue weighted by Gasteiger charge is 2.35. The Bertz CT molecular complexity index is 1080. The maximum Gasteiger partial charge on any atom is 0.342 e. The number of fused-ring (bicyclic) bond motifs is 1. The molecule has 166 valence electrons. The van der Waals surface area contributed by atoms with E-state index in [1.54, 1.807) is 30.3 Å². The van der Waals surface area contributed by atoms with Crippen LogP contribution in [0.15, 0.2) is 42.5 Å². The number of carbonyl (C=O) groups excluding carboxylic acids is 5. The van der Waals surface area contributed by atoms with Gasteiger partial charge in [0.05, 0.1) is 24.8 Å². The number of methoxy groups -OCH3 is 1. The summed E-state index contributed by atoms with van der Waals surface area (Å²) in [5, 5.41) is 4.23. The quantitative estimate of drug-likeness (QED) is 0.515. The van der Waals surface area contributed by atoms with E-state index in [0.717, 1.165) is 4.90 Å². The maximum atomic E-state index is 12.7. The first-order chi connectivity index (χ1) is 15.3. The molecule has 10 heteroatoms. The molecule has 0 saturated heterocycles. The number of amides is 5. The van der Waals surface area contributed by atoms with Crippen molar-refractivity contribution >= 4 is 29.7 Å². The smallest absolute Gasteiger partial charge is 0.342 e.